The molecule has 0 radical (unpaired) electrons. The van der Waals surface area contributed by atoms with Crippen LogP contribution in [0.2, 0.25) is 0 Å². The fourth-order valence-electron chi connectivity index (χ4n) is 2.90. The number of amides is 2. The molecule has 1 N–H and O–H groups in total. The lowest BCUT2D eigenvalue weighted by atomic mass is 10.1. The Morgan fingerprint density at radius 2 is 1.74 bits per heavy atom. The molecule has 1 aliphatic heterocycles. The first kappa shape index (κ1) is 22.2. The summed E-state index contributed by atoms with van der Waals surface area (Å²) in [6, 6.07) is 9.46. The molecule has 0 fully saturated rings. The monoisotopic (exact) mass is 434 g/mol. The Hall–Kier alpha value is -3.49. The third-order valence-corrected chi connectivity index (χ3v) is 4.51. The van der Waals surface area contributed by atoms with Gasteiger partial charge in [-0.3, -0.25) is 9.59 Å². The summed E-state index contributed by atoms with van der Waals surface area (Å²) in [7, 11) is 0. The van der Waals surface area contributed by atoms with Gasteiger partial charge in [-0.25, -0.2) is 0 Å². The summed E-state index contributed by atoms with van der Waals surface area (Å²) in [5.74, 6) is 0.310. The Balaban J connectivity index is 1.57. The van der Waals surface area contributed by atoms with Gasteiger partial charge in [-0.15, -0.1) is 0 Å². The van der Waals surface area contributed by atoms with Gasteiger partial charge in [0.1, 0.15) is 19.8 Å². The summed E-state index contributed by atoms with van der Waals surface area (Å²) >= 11 is 0. The Bertz CT molecular complexity index is 972. The number of likely N-dealkylation sites (N-methyl/N-ethyl adjacent to an activating group) is 1. The second-order valence-electron chi connectivity index (χ2n) is 6.71. The number of rotatable bonds is 6. The highest BCUT2D eigenvalue weighted by Crippen LogP contribution is 2.32. The fraction of sp³-hybridized carbons (Fsp3) is 0.273. The minimum Gasteiger partial charge on any atom is -0.486 e. The minimum absolute atomic E-state index is 0.179. The smallest absolute Gasteiger partial charge is 0.416 e. The Morgan fingerprint density at radius 3 is 2.39 bits per heavy atom. The van der Waals surface area contributed by atoms with Crippen LogP contribution in [0.15, 0.2) is 48.5 Å². The van der Waals surface area contributed by atoms with Gasteiger partial charge < -0.3 is 19.7 Å². The van der Waals surface area contributed by atoms with Gasteiger partial charge in [0.25, 0.3) is 0 Å². The summed E-state index contributed by atoms with van der Waals surface area (Å²) in [4.78, 5) is 26.1. The Labute approximate surface area is 177 Å². The molecule has 0 atom stereocenters. The number of nitrogens with one attached hydrogen (secondary N) is 1. The van der Waals surface area contributed by atoms with Crippen molar-refractivity contribution >= 4 is 23.6 Å². The number of ether oxygens (including phenoxy) is 2. The van der Waals surface area contributed by atoms with Gasteiger partial charge in [-0.1, -0.05) is 12.1 Å². The second-order valence-corrected chi connectivity index (χ2v) is 6.71. The average molecular weight is 434 g/mol. The van der Waals surface area contributed by atoms with Crippen molar-refractivity contribution in [2.24, 2.45) is 0 Å². The minimum atomic E-state index is -4.42. The molecular formula is C22H21F3N2O4. The summed E-state index contributed by atoms with van der Waals surface area (Å²) < 4.78 is 48.8. The molecule has 2 aromatic rings. The molecule has 0 aromatic heterocycles. The summed E-state index contributed by atoms with van der Waals surface area (Å²) in [5.41, 5.74) is 0.193. The quantitative estimate of drug-likeness (QED) is 0.699. The third kappa shape index (κ3) is 6.00. The van der Waals surface area contributed by atoms with Crippen LogP contribution in [-0.4, -0.2) is 43.0 Å². The highest BCUT2D eigenvalue weighted by Gasteiger charge is 2.29. The number of anilines is 1. The summed E-state index contributed by atoms with van der Waals surface area (Å²) in [6.45, 7) is 2.72. The van der Waals surface area contributed by atoms with Crippen molar-refractivity contribution in [3.8, 4) is 11.5 Å². The van der Waals surface area contributed by atoms with Crippen molar-refractivity contribution in [1.82, 2.24) is 4.90 Å². The Kier molecular flexibility index (Phi) is 6.84. The van der Waals surface area contributed by atoms with E-state index in [0.29, 0.717) is 36.0 Å². The van der Waals surface area contributed by atoms with Crippen LogP contribution in [0.5, 0.6) is 11.5 Å². The molecule has 6 nitrogen and oxygen atoms in total. The zero-order chi connectivity index (χ0) is 22.4. The predicted octanol–water partition coefficient (Wildman–Crippen LogP) is 3.98. The van der Waals surface area contributed by atoms with Crippen LogP contribution >= 0.6 is 0 Å². The molecule has 31 heavy (non-hydrogen) atoms. The van der Waals surface area contributed by atoms with Crippen molar-refractivity contribution < 1.29 is 32.2 Å². The van der Waals surface area contributed by atoms with E-state index >= 15 is 0 Å². The SMILES string of the molecule is CCN(CC(=O)Nc1ccc2c(c1)OCCO2)C(=O)/C=C/c1ccc(C(F)(F)F)cc1. The molecular weight excluding hydrogens is 413 g/mol. The fourth-order valence-corrected chi connectivity index (χ4v) is 2.90. The van der Waals surface area contributed by atoms with Crippen molar-refractivity contribution in [2.75, 3.05) is 31.6 Å². The topological polar surface area (TPSA) is 67.9 Å². The number of hydrogen-bond acceptors (Lipinski definition) is 4. The molecule has 164 valence electrons. The third-order valence-electron chi connectivity index (χ3n) is 4.51. The molecule has 0 saturated heterocycles. The van der Waals surface area contributed by atoms with Crippen molar-refractivity contribution in [3.63, 3.8) is 0 Å². The number of nitrogens with zero attached hydrogens (tertiary/aromatic N) is 1. The molecule has 0 spiro atoms. The highest BCUT2D eigenvalue weighted by molar-refractivity contribution is 5.98. The van der Waals surface area contributed by atoms with E-state index in [2.05, 4.69) is 5.32 Å². The first-order chi connectivity index (χ1) is 14.8. The van der Waals surface area contributed by atoms with Crippen LogP contribution in [0.3, 0.4) is 0 Å². The number of carbonyl (C=O) groups is 2. The van der Waals surface area contributed by atoms with Gasteiger partial charge in [-0.05, 0) is 42.8 Å². The maximum atomic E-state index is 12.6. The zero-order valence-electron chi connectivity index (χ0n) is 16.7. The molecule has 2 amide bonds. The largest absolute Gasteiger partial charge is 0.486 e. The van der Waals surface area contributed by atoms with E-state index in [4.69, 9.17) is 9.47 Å². The zero-order valence-corrected chi connectivity index (χ0v) is 16.7. The molecule has 0 aliphatic carbocycles. The lowest BCUT2D eigenvalue weighted by Gasteiger charge is -2.20. The standard InChI is InChI=1S/C22H21F3N2O4/c1-2-27(21(29)10-5-15-3-6-16(7-4-15)22(23,24)25)14-20(28)26-17-8-9-18-19(13-17)31-12-11-30-18/h3-10,13H,2,11-12,14H2,1H3,(H,26,28)/b10-5+. The molecule has 0 unspecified atom stereocenters. The van der Waals surface area contributed by atoms with E-state index in [1.807, 2.05) is 0 Å². The van der Waals surface area contributed by atoms with E-state index in [1.165, 1.54) is 29.2 Å². The van der Waals surface area contributed by atoms with Gasteiger partial charge in [-0.2, -0.15) is 13.2 Å². The molecule has 0 saturated carbocycles. The normalized spacial score (nSPS) is 13.2. The maximum absolute atomic E-state index is 12.6. The van der Waals surface area contributed by atoms with Gasteiger partial charge in [0.2, 0.25) is 11.8 Å². The lowest BCUT2D eigenvalue weighted by Crippen LogP contribution is -2.36. The second kappa shape index (κ2) is 9.55. The van der Waals surface area contributed by atoms with Crippen LogP contribution < -0.4 is 14.8 Å². The number of alkyl halides is 3. The number of carbonyl (C=O) groups excluding carboxylic acids is 2. The van der Waals surface area contributed by atoms with Crippen LogP contribution in [0, 0.1) is 0 Å². The van der Waals surface area contributed by atoms with Gasteiger partial charge in [0, 0.05) is 24.4 Å². The first-order valence-electron chi connectivity index (χ1n) is 9.60. The number of fused-ring (bicyclic) bond motifs is 1. The van der Waals surface area contributed by atoms with Crippen molar-refractivity contribution in [2.45, 2.75) is 13.1 Å². The van der Waals surface area contributed by atoms with Crippen LogP contribution in [0.1, 0.15) is 18.1 Å². The summed E-state index contributed by atoms with van der Waals surface area (Å²) in [5, 5.41) is 2.71. The van der Waals surface area contributed by atoms with Crippen LogP contribution in [0.25, 0.3) is 6.08 Å². The predicted molar refractivity (Wildman–Crippen MR) is 109 cm³/mol. The van der Waals surface area contributed by atoms with Gasteiger partial charge in [0.15, 0.2) is 11.5 Å². The van der Waals surface area contributed by atoms with E-state index in [9.17, 15) is 22.8 Å². The molecule has 2 aromatic carbocycles. The van der Waals surface area contributed by atoms with Crippen LogP contribution in [-0.2, 0) is 15.8 Å². The molecule has 1 heterocycles. The number of halogens is 3. The summed E-state index contributed by atoms with van der Waals surface area (Å²) in [6.07, 6.45) is -1.78. The molecule has 3 rings (SSSR count). The van der Waals surface area contributed by atoms with Crippen molar-refractivity contribution in [3.05, 3.63) is 59.7 Å². The highest BCUT2D eigenvalue weighted by atomic mass is 19.4. The van der Waals surface area contributed by atoms with Gasteiger partial charge in [0.05, 0.1) is 5.56 Å². The van der Waals surface area contributed by atoms with E-state index < -0.39 is 23.6 Å². The van der Waals surface area contributed by atoms with E-state index in [1.54, 1.807) is 25.1 Å². The average Bonchev–Trinajstić information content (AvgIpc) is 2.75. The maximum Gasteiger partial charge on any atom is 0.416 e. The lowest BCUT2D eigenvalue weighted by molar-refractivity contribution is -0.137. The van der Waals surface area contributed by atoms with Gasteiger partial charge >= 0.3 is 6.18 Å². The molecule has 0 bridgehead atoms. The van der Waals surface area contributed by atoms with E-state index in [0.717, 1.165) is 12.1 Å². The van der Waals surface area contributed by atoms with Crippen molar-refractivity contribution in [1.29, 1.82) is 0 Å². The Morgan fingerprint density at radius 1 is 1.06 bits per heavy atom. The van der Waals surface area contributed by atoms with Crippen LogP contribution in [0.4, 0.5) is 18.9 Å². The number of benzene rings is 2. The van der Waals surface area contributed by atoms with E-state index in [-0.39, 0.29) is 13.1 Å². The first-order valence-corrected chi connectivity index (χ1v) is 9.60. The molecule has 1 aliphatic rings. The number of hydrogen-bond donors (Lipinski definition) is 1. The molecule has 9 heteroatoms.